The number of hydrogen-bond donors (Lipinski definition) is 1. The number of hydrogen-bond acceptors (Lipinski definition) is 5. The first-order valence-electron chi connectivity index (χ1n) is 6.82. The molecule has 1 aromatic heterocycles. The first-order valence-corrected chi connectivity index (χ1v) is 8.01. The van der Waals surface area contributed by atoms with Gasteiger partial charge in [-0.3, -0.25) is 0 Å². The van der Waals surface area contributed by atoms with Crippen molar-refractivity contribution in [1.29, 1.82) is 0 Å². The van der Waals surface area contributed by atoms with Crippen LogP contribution in [-0.4, -0.2) is 23.9 Å². The fourth-order valence-electron chi connectivity index (χ4n) is 2.27. The number of ether oxygens (including phenoxy) is 1. The summed E-state index contributed by atoms with van der Waals surface area (Å²) < 4.78 is 5.04. The van der Waals surface area contributed by atoms with E-state index in [2.05, 4.69) is 0 Å². The molecule has 22 heavy (non-hydrogen) atoms. The maximum atomic E-state index is 11.9. The van der Waals surface area contributed by atoms with Gasteiger partial charge in [0.05, 0.1) is 6.61 Å². The second-order valence-electron chi connectivity index (χ2n) is 4.71. The van der Waals surface area contributed by atoms with Gasteiger partial charge in [0.15, 0.2) is 6.23 Å². The number of esters is 1. The predicted octanol–water partition coefficient (Wildman–Crippen LogP) is 4.06. The van der Waals surface area contributed by atoms with E-state index in [1.54, 1.807) is 36.1 Å². The van der Waals surface area contributed by atoms with Crippen LogP contribution in [0.15, 0.2) is 36.4 Å². The van der Waals surface area contributed by atoms with Crippen LogP contribution >= 0.6 is 22.9 Å². The summed E-state index contributed by atoms with van der Waals surface area (Å²) in [4.78, 5) is 14.2. The van der Waals surface area contributed by atoms with E-state index in [0.29, 0.717) is 16.5 Å². The van der Waals surface area contributed by atoms with Crippen molar-refractivity contribution in [3.8, 4) is 0 Å². The Morgan fingerprint density at radius 3 is 2.82 bits per heavy atom. The molecule has 1 atom stereocenters. The third-order valence-corrected chi connectivity index (χ3v) is 4.64. The predicted molar refractivity (Wildman–Crippen MR) is 88.9 cm³/mol. The number of aliphatic hydroxyl groups is 1. The van der Waals surface area contributed by atoms with E-state index in [-0.39, 0.29) is 5.97 Å². The molecule has 0 radical (unpaired) electrons. The Bertz CT molecular complexity index is 723. The lowest BCUT2D eigenvalue weighted by Gasteiger charge is -2.30. The van der Waals surface area contributed by atoms with E-state index < -0.39 is 6.23 Å². The highest BCUT2D eigenvalue weighted by Crippen LogP contribution is 2.41. The summed E-state index contributed by atoms with van der Waals surface area (Å²) in [5.74, 6) is -0.346. The number of nitrogens with zero attached hydrogens (tertiary/aromatic N) is 1. The highest BCUT2D eigenvalue weighted by atomic mass is 35.5. The topological polar surface area (TPSA) is 49.8 Å². The average molecular weight is 336 g/mol. The van der Waals surface area contributed by atoms with Crippen LogP contribution in [0.1, 0.15) is 22.2 Å². The lowest BCUT2D eigenvalue weighted by Crippen LogP contribution is -2.30. The maximum absolute atomic E-state index is 11.9. The molecule has 2 heterocycles. The van der Waals surface area contributed by atoms with E-state index in [4.69, 9.17) is 16.3 Å². The van der Waals surface area contributed by atoms with Gasteiger partial charge in [-0.1, -0.05) is 17.7 Å². The lowest BCUT2D eigenvalue weighted by molar-refractivity contribution is 0.0532. The summed E-state index contributed by atoms with van der Waals surface area (Å²) in [5, 5.41) is 11.7. The maximum Gasteiger partial charge on any atom is 0.348 e. The molecule has 3 rings (SSSR count). The van der Waals surface area contributed by atoms with E-state index in [0.717, 1.165) is 16.3 Å². The Morgan fingerprint density at radius 2 is 2.14 bits per heavy atom. The Labute approximate surface area is 137 Å². The van der Waals surface area contributed by atoms with Crippen LogP contribution in [0.5, 0.6) is 0 Å². The molecular formula is C16H14ClNO3S. The zero-order valence-electron chi connectivity index (χ0n) is 11.8. The van der Waals surface area contributed by atoms with Crippen molar-refractivity contribution in [3.05, 3.63) is 51.9 Å². The summed E-state index contributed by atoms with van der Waals surface area (Å²) in [6, 6.07) is 8.97. The number of anilines is 2. The lowest BCUT2D eigenvalue weighted by atomic mass is 10.1. The molecule has 1 N–H and O–H groups in total. The van der Waals surface area contributed by atoms with Gasteiger partial charge in [0.25, 0.3) is 0 Å². The van der Waals surface area contributed by atoms with Gasteiger partial charge < -0.3 is 14.7 Å². The quantitative estimate of drug-likeness (QED) is 0.859. The molecule has 0 saturated heterocycles. The van der Waals surface area contributed by atoms with Crippen LogP contribution in [0.25, 0.3) is 6.08 Å². The Kier molecular flexibility index (Phi) is 4.20. The number of halogens is 1. The summed E-state index contributed by atoms with van der Waals surface area (Å²) in [7, 11) is 0. The number of carbonyl (C=O) groups is 1. The number of thiophene rings is 1. The molecule has 6 heteroatoms. The molecule has 0 aliphatic carbocycles. The molecule has 1 aliphatic heterocycles. The largest absolute Gasteiger partial charge is 0.462 e. The van der Waals surface area contributed by atoms with Crippen molar-refractivity contribution in [2.75, 3.05) is 11.5 Å². The summed E-state index contributed by atoms with van der Waals surface area (Å²) in [6.07, 6.45) is 2.70. The fourth-order valence-corrected chi connectivity index (χ4v) is 3.49. The number of rotatable bonds is 3. The molecule has 1 aliphatic rings. The van der Waals surface area contributed by atoms with E-state index in [9.17, 15) is 9.90 Å². The smallest absolute Gasteiger partial charge is 0.348 e. The van der Waals surface area contributed by atoms with Crippen molar-refractivity contribution >= 4 is 45.7 Å². The van der Waals surface area contributed by atoms with E-state index in [1.165, 1.54) is 11.3 Å². The Hall–Kier alpha value is -1.82. The molecule has 1 aromatic carbocycles. The highest BCUT2D eigenvalue weighted by molar-refractivity contribution is 7.18. The monoisotopic (exact) mass is 335 g/mol. The Balaban J connectivity index is 2.01. The third-order valence-electron chi connectivity index (χ3n) is 3.25. The number of carbonyl (C=O) groups excluding carboxylic acids is 1. The minimum Gasteiger partial charge on any atom is -0.462 e. The van der Waals surface area contributed by atoms with Gasteiger partial charge in [-0.25, -0.2) is 4.79 Å². The van der Waals surface area contributed by atoms with Crippen LogP contribution in [0.3, 0.4) is 0 Å². The zero-order chi connectivity index (χ0) is 15.7. The molecule has 2 aromatic rings. The molecule has 0 saturated carbocycles. The fraction of sp³-hybridized carbons (Fsp3) is 0.188. The van der Waals surface area contributed by atoms with Gasteiger partial charge in [0, 0.05) is 16.3 Å². The van der Waals surface area contributed by atoms with Gasteiger partial charge in [-0.05, 0) is 43.3 Å². The molecule has 1 unspecified atom stereocenters. The van der Waals surface area contributed by atoms with Crippen molar-refractivity contribution < 1.29 is 14.6 Å². The second-order valence-corrected chi connectivity index (χ2v) is 6.18. The standard InChI is InChI=1S/C16H14ClNO3S/c1-2-21-16(20)13-9-10-3-8-14(19)18(15(10)22-13)12-6-4-11(17)5-7-12/h3-9,14,19H,2H2,1H3. The second kappa shape index (κ2) is 6.12. The number of fused-ring (bicyclic) bond motifs is 1. The van der Waals surface area contributed by atoms with E-state index >= 15 is 0 Å². The molecule has 0 amide bonds. The van der Waals surface area contributed by atoms with Crippen LogP contribution in [-0.2, 0) is 4.74 Å². The molecule has 0 fully saturated rings. The minimum absolute atomic E-state index is 0.334. The first kappa shape index (κ1) is 15.1. The van der Waals surface area contributed by atoms with Gasteiger partial charge in [-0.2, -0.15) is 0 Å². The average Bonchev–Trinajstić information content (AvgIpc) is 2.93. The molecule has 0 spiro atoms. The normalized spacial score (nSPS) is 16.5. The molecule has 0 bridgehead atoms. The highest BCUT2D eigenvalue weighted by Gasteiger charge is 2.26. The summed E-state index contributed by atoms with van der Waals surface area (Å²) in [5.41, 5.74) is 1.69. The zero-order valence-corrected chi connectivity index (χ0v) is 13.4. The van der Waals surface area contributed by atoms with Crippen molar-refractivity contribution in [1.82, 2.24) is 0 Å². The number of benzene rings is 1. The van der Waals surface area contributed by atoms with Crippen molar-refractivity contribution in [2.45, 2.75) is 13.2 Å². The summed E-state index contributed by atoms with van der Waals surface area (Å²) in [6.45, 7) is 2.11. The van der Waals surface area contributed by atoms with Crippen LogP contribution in [0, 0.1) is 0 Å². The first-order chi connectivity index (χ1) is 10.6. The van der Waals surface area contributed by atoms with Crippen LogP contribution < -0.4 is 4.90 Å². The third kappa shape index (κ3) is 2.75. The minimum atomic E-state index is -0.789. The Morgan fingerprint density at radius 1 is 1.41 bits per heavy atom. The van der Waals surface area contributed by atoms with Gasteiger partial charge in [-0.15, -0.1) is 11.3 Å². The van der Waals surface area contributed by atoms with Crippen LogP contribution in [0.4, 0.5) is 10.7 Å². The van der Waals surface area contributed by atoms with Gasteiger partial charge in [0.1, 0.15) is 9.88 Å². The molecule has 4 nitrogen and oxygen atoms in total. The number of aliphatic hydroxyl groups excluding tert-OH is 1. The van der Waals surface area contributed by atoms with Crippen molar-refractivity contribution in [3.63, 3.8) is 0 Å². The van der Waals surface area contributed by atoms with Crippen molar-refractivity contribution in [2.24, 2.45) is 0 Å². The molecular weight excluding hydrogens is 322 g/mol. The SMILES string of the molecule is CCOC(=O)c1cc2c(s1)N(c1ccc(Cl)cc1)C(O)C=C2. The van der Waals surface area contributed by atoms with E-state index in [1.807, 2.05) is 18.2 Å². The molecule has 114 valence electrons. The van der Waals surface area contributed by atoms with Gasteiger partial charge >= 0.3 is 5.97 Å². The van der Waals surface area contributed by atoms with Crippen LogP contribution in [0.2, 0.25) is 5.02 Å². The summed E-state index contributed by atoms with van der Waals surface area (Å²) >= 11 is 7.22. The van der Waals surface area contributed by atoms with Gasteiger partial charge in [0.2, 0.25) is 0 Å².